The Morgan fingerprint density at radius 3 is 2.37 bits per heavy atom. The van der Waals surface area contributed by atoms with E-state index in [4.69, 9.17) is 5.11 Å². The third-order valence-corrected chi connectivity index (χ3v) is 4.18. The van der Waals surface area contributed by atoms with Gasteiger partial charge in [0.2, 0.25) is 0 Å². The van der Waals surface area contributed by atoms with Crippen molar-refractivity contribution >= 4 is 16.2 Å². The molecule has 0 aliphatic carbocycles. The Labute approximate surface area is 113 Å². The molecule has 19 heavy (non-hydrogen) atoms. The van der Waals surface area contributed by atoms with Crippen LogP contribution in [-0.2, 0) is 21.4 Å². The molecule has 0 amide bonds. The number of rotatable bonds is 7. The van der Waals surface area contributed by atoms with Gasteiger partial charge in [0.15, 0.2) is 0 Å². The number of carboxylic acids is 1. The van der Waals surface area contributed by atoms with Crippen molar-refractivity contribution in [1.82, 2.24) is 9.03 Å². The smallest absolute Gasteiger partial charge is 0.321 e. The third-order valence-electron chi connectivity index (χ3n) is 2.63. The van der Waals surface area contributed by atoms with Gasteiger partial charge in [-0.2, -0.15) is 17.4 Å². The summed E-state index contributed by atoms with van der Waals surface area (Å²) in [6.45, 7) is 0. The van der Waals surface area contributed by atoms with E-state index in [1.54, 1.807) is 0 Å². The van der Waals surface area contributed by atoms with Gasteiger partial charge in [-0.05, 0) is 18.4 Å². The molecule has 0 aliphatic heterocycles. The first-order valence-corrected chi connectivity index (χ1v) is 7.23. The van der Waals surface area contributed by atoms with Crippen molar-refractivity contribution in [3.05, 3.63) is 35.9 Å². The van der Waals surface area contributed by atoms with Gasteiger partial charge in [-0.1, -0.05) is 30.3 Å². The van der Waals surface area contributed by atoms with Crippen molar-refractivity contribution in [2.24, 2.45) is 0 Å². The van der Waals surface area contributed by atoms with Gasteiger partial charge in [0.1, 0.15) is 6.04 Å². The summed E-state index contributed by atoms with van der Waals surface area (Å²) in [4.78, 5) is 11.1. The molecular formula is C12H18N2O4S. The van der Waals surface area contributed by atoms with E-state index in [1.807, 2.05) is 30.3 Å². The molecule has 0 heterocycles. The molecule has 0 fully saturated rings. The van der Waals surface area contributed by atoms with Crippen LogP contribution in [0.1, 0.15) is 12.0 Å². The Morgan fingerprint density at radius 1 is 1.32 bits per heavy atom. The maximum Gasteiger partial charge on any atom is 0.321 e. The maximum atomic E-state index is 11.6. The number of aliphatic carboxylic acids is 1. The number of hydrogen-bond donors (Lipinski definition) is 2. The van der Waals surface area contributed by atoms with E-state index in [0.717, 1.165) is 9.87 Å². The second-order valence-electron chi connectivity index (χ2n) is 4.32. The molecule has 0 aliphatic rings. The van der Waals surface area contributed by atoms with Gasteiger partial charge in [0.25, 0.3) is 10.2 Å². The maximum absolute atomic E-state index is 11.6. The number of benzene rings is 1. The van der Waals surface area contributed by atoms with Gasteiger partial charge in [-0.25, -0.2) is 0 Å². The molecule has 106 valence electrons. The van der Waals surface area contributed by atoms with Crippen LogP contribution in [-0.4, -0.2) is 43.9 Å². The normalized spacial score (nSPS) is 13.4. The second kappa shape index (κ2) is 6.65. The average Bonchev–Trinajstić information content (AvgIpc) is 2.35. The van der Waals surface area contributed by atoms with Crippen LogP contribution < -0.4 is 4.72 Å². The minimum atomic E-state index is -3.74. The van der Waals surface area contributed by atoms with E-state index >= 15 is 0 Å². The Morgan fingerprint density at radius 2 is 1.89 bits per heavy atom. The zero-order valence-electron chi connectivity index (χ0n) is 10.9. The lowest BCUT2D eigenvalue weighted by Crippen LogP contribution is -2.46. The van der Waals surface area contributed by atoms with Crippen molar-refractivity contribution in [2.45, 2.75) is 18.9 Å². The average molecular weight is 286 g/mol. The highest BCUT2D eigenvalue weighted by molar-refractivity contribution is 7.87. The molecule has 0 spiro atoms. The van der Waals surface area contributed by atoms with Crippen molar-refractivity contribution in [1.29, 1.82) is 0 Å². The summed E-state index contributed by atoms with van der Waals surface area (Å²) in [5.41, 5.74) is 0.970. The SMILES string of the molecule is CN(C)S(=O)(=O)NC(CCc1ccccc1)C(=O)O. The van der Waals surface area contributed by atoms with Gasteiger partial charge in [0, 0.05) is 14.1 Å². The van der Waals surface area contributed by atoms with Gasteiger partial charge >= 0.3 is 5.97 Å². The fourth-order valence-electron chi connectivity index (χ4n) is 1.47. The van der Waals surface area contributed by atoms with Crippen LogP contribution in [0.25, 0.3) is 0 Å². The summed E-state index contributed by atoms with van der Waals surface area (Å²) in [6.07, 6.45) is 0.695. The molecule has 7 heteroatoms. The van der Waals surface area contributed by atoms with Crippen molar-refractivity contribution in [3.8, 4) is 0 Å². The van der Waals surface area contributed by atoms with Crippen LogP contribution in [0.15, 0.2) is 30.3 Å². The number of carboxylic acid groups (broad SMARTS) is 1. The number of carbonyl (C=O) groups is 1. The van der Waals surface area contributed by atoms with E-state index < -0.39 is 22.2 Å². The van der Waals surface area contributed by atoms with Crippen LogP contribution in [0.2, 0.25) is 0 Å². The van der Waals surface area contributed by atoms with E-state index in [2.05, 4.69) is 4.72 Å². The summed E-state index contributed by atoms with van der Waals surface area (Å²) in [6, 6.07) is 8.20. The summed E-state index contributed by atoms with van der Waals surface area (Å²) >= 11 is 0. The summed E-state index contributed by atoms with van der Waals surface area (Å²) in [7, 11) is -1.05. The number of nitrogens with one attached hydrogen (secondary N) is 1. The van der Waals surface area contributed by atoms with Crippen LogP contribution in [0.4, 0.5) is 0 Å². The van der Waals surface area contributed by atoms with Gasteiger partial charge < -0.3 is 5.11 Å². The predicted octanol–water partition coefficient (Wildman–Crippen LogP) is 0.468. The van der Waals surface area contributed by atoms with Crippen LogP contribution >= 0.6 is 0 Å². The summed E-state index contributed by atoms with van der Waals surface area (Å²) in [5, 5.41) is 9.05. The van der Waals surface area contributed by atoms with E-state index in [9.17, 15) is 13.2 Å². The molecule has 0 saturated heterocycles. The zero-order chi connectivity index (χ0) is 14.5. The molecule has 1 aromatic rings. The monoisotopic (exact) mass is 286 g/mol. The molecule has 0 aromatic heterocycles. The van der Waals surface area contributed by atoms with Crippen LogP contribution in [0, 0.1) is 0 Å². The van der Waals surface area contributed by atoms with E-state index in [1.165, 1.54) is 14.1 Å². The molecule has 1 unspecified atom stereocenters. The molecule has 0 bridgehead atoms. The van der Waals surface area contributed by atoms with Gasteiger partial charge in [0.05, 0.1) is 0 Å². The fourth-order valence-corrected chi connectivity index (χ4v) is 2.26. The first-order valence-electron chi connectivity index (χ1n) is 5.79. The van der Waals surface area contributed by atoms with Crippen molar-refractivity contribution in [2.75, 3.05) is 14.1 Å². The highest BCUT2D eigenvalue weighted by atomic mass is 32.2. The Balaban J connectivity index is 2.67. The lowest BCUT2D eigenvalue weighted by Gasteiger charge is -2.18. The highest BCUT2D eigenvalue weighted by Gasteiger charge is 2.24. The Hall–Kier alpha value is -1.44. The topological polar surface area (TPSA) is 86.7 Å². The largest absolute Gasteiger partial charge is 0.480 e. The highest BCUT2D eigenvalue weighted by Crippen LogP contribution is 2.06. The Bertz CT molecular complexity index is 514. The number of hydrogen-bond acceptors (Lipinski definition) is 3. The molecule has 2 N–H and O–H groups in total. The predicted molar refractivity (Wildman–Crippen MR) is 71.9 cm³/mol. The minimum absolute atomic E-state index is 0.201. The lowest BCUT2D eigenvalue weighted by molar-refractivity contribution is -0.139. The molecule has 0 radical (unpaired) electrons. The number of nitrogens with zero attached hydrogens (tertiary/aromatic N) is 1. The Kier molecular flexibility index (Phi) is 5.46. The van der Waals surface area contributed by atoms with Crippen molar-refractivity contribution < 1.29 is 18.3 Å². The van der Waals surface area contributed by atoms with Crippen molar-refractivity contribution in [3.63, 3.8) is 0 Å². The van der Waals surface area contributed by atoms with E-state index in [0.29, 0.717) is 6.42 Å². The third kappa shape index (κ3) is 4.98. The first-order chi connectivity index (χ1) is 8.83. The quantitative estimate of drug-likeness (QED) is 0.763. The number of aryl methyl sites for hydroxylation is 1. The molecule has 6 nitrogen and oxygen atoms in total. The zero-order valence-corrected chi connectivity index (χ0v) is 11.7. The first kappa shape index (κ1) is 15.6. The molecular weight excluding hydrogens is 268 g/mol. The van der Waals surface area contributed by atoms with Crippen LogP contribution in [0.3, 0.4) is 0 Å². The molecule has 1 atom stereocenters. The molecule has 1 rings (SSSR count). The minimum Gasteiger partial charge on any atom is -0.480 e. The van der Waals surface area contributed by atoms with Crippen LogP contribution in [0.5, 0.6) is 0 Å². The lowest BCUT2D eigenvalue weighted by atomic mass is 10.1. The fraction of sp³-hybridized carbons (Fsp3) is 0.417. The second-order valence-corrected chi connectivity index (χ2v) is 6.24. The summed E-state index contributed by atoms with van der Waals surface area (Å²) < 4.78 is 26.3. The molecule has 0 saturated carbocycles. The standard InChI is InChI=1S/C12H18N2O4S/c1-14(2)19(17,18)13-11(12(15)16)9-8-10-6-4-3-5-7-10/h3-7,11,13H,8-9H2,1-2H3,(H,15,16). The van der Waals surface area contributed by atoms with E-state index in [-0.39, 0.29) is 6.42 Å². The van der Waals surface area contributed by atoms with Gasteiger partial charge in [-0.3, -0.25) is 4.79 Å². The summed E-state index contributed by atoms with van der Waals surface area (Å²) in [5.74, 6) is -1.18. The van der Waals surface area contributed by atoms with Gasteiger partial charge in [-0.15, -0.1) is 0 Å². The molecule has 1 aromatic carbocycles.